The Kier molecular flexibility index (Phi) is 4.35. The molecule has 2 unspecified atom stereocenters. The maximum Gasteiger partial charge on any atom is 0.310 e. The van der Waals surface area contributed by atoms with Gasteiger partial charge >= 0.3 is 5.97 Å². The standard InChI is InChI=1S/C15H19ClFNO2/c1-10(12-5-4-11(17)8-13(12)16)18-7-3-6-15(2,9-18)14(19)20/h4-5,8,10H,3,6-7,9H2,1-2H3,(H,19,20). The zero-order chi connectivity index (χ0) is 14.9. The fourth-order valence-electron chi connectivity index (χ4n) is 2.82. The smallest absolute Gasteiger partial charge is 0.310 e. The topological polar surface area (TPSA) is 40.5 Å². The molecule has 1 aromatic rings. The lowest BCUT2D eigenvalue weighted by Gasteiger charge is -2.41. The first kappa shape index (κ1) is 15.3. The number of benzene rings is 1. The Bertz CT molecular complexity index is 523. The predicted octanol–water partition coefficient (Wildman–Crippen LogP) is 3.73. The summed E-state index contributed by atoms with van der Waals surface area (Å²) < 4.78 is 13.1. The number of nitrogens with zero attached hydrogens (tertiary/aromatic N) is 1. The summed E-state index contributed by atoms with van der Waals surface area (Å²) in [7, 11) is 0. The van der Waals surface area contributed by atoms with Crippen LogP contribution in [0.3, 0.4) is 0 Å². The molecule has 1 N–H and O–H groups in total. The lowest BCUT2D eigenvalue weighted by Crippen LogP contribution is -2.46. The number of carboxylic acids is 1. The van der Waals surface area contributed by atoms with Gasteiger partial charge in [-0.2, -0.15) is 0 Å². The van der Waals surface area contributed by atoms with Crippen LogP contribution in [0.25, 0.3) is 0 Å². The number of likely N-dealkylation sites (tertiary alicyclic amines) is 1. The van der Waals surface area contributed by atoms with Crippen LogP contribution in [0.1, 0.15) is 38.3 Å². The molecule has 3 nitrogen and oxygen atoms in total. The summed E-state index contributed by atoms with van der Waals surface area (Å²) >= 11 is 6.09. The summed E-state index contributed by atoms with van der Waals surface area (Å²) in [6, 6.07) is 4.34. The number of aliphatic carboxylic acids is 1. The molecule has 1 heterocycles. The molecule has 110 valence electrons. The second kappa shape index (κ2) is 5.70. The predicted molar refractivity (Wildman–Crippen MR) is 76.4 cm³/mol. The monoisotopic (exact) mass is 299 g/mol. The summed E-state index contributed by atoms with van der Waals surface area (Å²) in [4.78, 5) is 13.5. The normalized spacial score (nSPS) is 25.4. The Morgan fingerprint density at radius 3 is 2.85 bits per heavy atom. The van der Waals surface area contributed by atoms with Gasteiger partial charge in [0.25, 0.3) is 0 Å². The van der Waals surface area contributed by atoms with Crippen molar-refractivity contribution >= 4 is 17.6 Å². The number of carboxylic acid groups (broad SMARTS) is 1. The van der Waals surface area contributed by atoms with Crippen LogP contribution in [-0.4, -0.2) is 29.1 Å². The van der Waals surface area contributed by atoms with Gasteiger partial charge in [-0.05, 0) is 50.9 Å². The molecule has 1 fully saturated rings. The molecule has 5 heteroatoms. The second-order valence-electron chi connectivity index (χ2n) is 5.78. The van der Waals surface area contributed by atoms with Gasteiger partial charge in [-0.15, -0.1) is 0 Å². The van der Waals surface area contributed by atoms with E-state index in [-0.39, 0.29) is 11.9 Å². The quantitative estimate of drug-likeness (QED) is 0.924. The van der Waals surface area contributed by atoms with E-state index in [0.717, 1.165) is 18.5 Å². The highest BCUT2D eigenvalue weighted by Crippen LogP contribution is 2.36. The lowest BCUT2D eigenvalue weighted by atomic mass is 9.81. The van der Waals surface area contributed by atoms with E-state index in [9.17, 15) is 14.3 Å². The third kappa shape index (κ3) is 2.96. The van der Waals surface area contributed by atoms with E-state index >= 15 is 0 Å². The molecule has 0 spiro atoms. The molecular formula is C15H19ClFNO2. The first-order chi connectivity index (χ1) is 9.33. The fraction of sp³-hybridized carbons (Fsp3) is 0.533. The molecule has 2 atom stereocenters. The number of hydrogen-bond acceptors (Lipinski definition) is 2. The average molecular weight is 300 g/mol. The van der Waals surface area contributed by atoms with Crippen molar-refractivity contribution in [3.8, 4) is 0 Å². The Labute approximate surface area is 123 Å². The number of piperidine rings is 1. The maximum absolute atomic E-state index is 13.1. The zero-order valence-corrected chi connectivity index (χ0v) is 12.5. The number of carbonyl (C=O) groups is 1. The molecule has 1 aromatic carbocycles. The van der Waals surface area contributed by atoms with Gasteiger partial charge in [-0.1, -0.05) is 17.7 Å². The average Bonchev–Trinajstić information content (AvgIpc) is 2.38. The van der Waals surface area contributed by atoms with E-state index in [4.69, 9.17) is 11.6 Å². The van der Waals surface area contributed by atoms with Gasteiger partial charge in [0, 0.05) is 17.6 Å². The van der Waals surface area contributed by atoms with E-state index in [2.05, 4.69) is 4.90 Å². The van der Waals surface area contributed by atoms with Gasteiger partial charge in [0.1, 0.15) is 5.82 Å². The van der Waals surface area contributed by atoms with Crippen LogP contribution in [0.15, 0.2) is 18.2 Å². The lowest BCUT2D eigenvalue weighted by molar-refractivity contribution is -0.151. The first-order valence-corrected chi connectivity index (χ1v) is 7.14. The highest BCUT2D eigenvalue weighted by Gasteiger charge is 2.39. The number of halogens is 2. The van der Waals surface area contributed by atoms with Gasteiger partial charge in [-0.3, -0.25) is 9.69 Å². The molecule has 20 heavy (non-hydrogen) atoms. The van der Waals surface area contributed by atoms with E-state index in [1.54, 1.807) is 13.0 Å². The van der Waals surface area contributed by atoms with Gasteiger partial charge in [0.15, 0.2) is 0 Å². The molecule has 0 amide bonds. The van der Waals surface area contributed by atoms with Crippen molar-refractivity contribution in [1.29, 1.82) is 0 Å². The highest BCUT2D eigenvalue weighted by atomic mass is 35.5. The van der Waals surface area contributed by atoms with Crippen molar-refractivity contribution in [2.45, 2.75) is 32.7 Å². The van der Waals surface area contributed by atoms with Crippen molar-refractivity contribution in [1.82, 2.24) is 4.90 Å². The van der Waals surface area contributed by atoms with Crippen molar-refractivity contribution in [2.24, 2.45) is 5.41 Å². The van der Waals surface area contributed by atoms with Gasteiger partial charge in [-0.25, -0.2) is 4.39 Å². The highest BCUT2D eigenvalue weighted by molar-refractivity contribution is 6.31. The van der Waals surface area contributed by atoms with E-state index in [0.29, 0.717) is 18.0 Å². The second-order valence-corrected chi connectivity index (χ2v) is 6.19. The Balaban J connectivity index is 2.20. The number of hydrogen-bond donors (Lipinski definition) is 1. The molecule has 0 radical (unpaired) electrons. The minimum Gasteiger partial charge on any atom is -0.481 e. The minimum absolute atomic E-state index is 0.0259. The Morgan fingerprint density at radius 2 is 2.25 bits per heavy atom. The Hall–Kier alpha value is -1.13. The van der Waals surface area contributed by atoms with Crippen LogP contribution in [0.2, 0.25) is 5.02 Å². The molecule has 0 aliphatic carbocycles. The summed E-state index contributed by atoms with van der Waals surface area (Å²) in [6.45, 7) is 5.07. The van der Waals surface area contributed by atoms with E-state index in [1.165, 1.54) is 12.1 Å². The van der Waals surface area contributed by atoms with Crippen LogP contribution in [-0.2, 0) is 4.79 Å². The SMILES string of the molecule is CC(c1ccc(F)cc1Cl)N1CCCC(C)(C(=O)O)C1. The van der Waals surface area contributed by atoms with Crippen molar-refractivity contribution in [3.63, 3.8) is 0 Å². The van der Waals surface area contributed by atoms with E-state index in [1.807, 2.05) is 6.92 Å². The first-order valence-electron chi connectivity index (χ1n) is 6.76. The molecule has 0 bridgehead atoms. The minimum atomic E-state index is -0.764. The van der Waals surface area contributed by atoms with Crippen LogP contribution < -0.4 is 0 Å². The van der Waals surface area contributed by atoms with Crippen molar-refractivity contribution < 1.29 is 14.3 Å². The molecule has 0 saturated carbocycles. The zero-order valence-electron chi connectivity index (χ0n) is 11.7. The van der Waals surface area contributed by atoms with Gasteiger partial charge in [0.2, 0.25) is 0 Å². The fourth-order valence-corrected chi connectivity index (χ4v) is 3.15. The molecule has 1 aliphatic heterocycles. The Morgan fingerprint density at radius 1 is 1.55 bits per heavy atom. The van der Waals surface area contributed by atoms with Gasteiger partial charge in [0.05, 0.1) is 5.41 Å². The molecule has 2 rings (SSSR count). The summed E-state index contributed by atoms with van der Waals surface area (Å²) in [5.41, 5.74) is 0.113. The third-order valence-electron chi connectivity index (χ3n) is 4.20. The largest absolute Gasteiger partial charge is 0.481 e. The molecular weight excluding hydrogens is 281 g/mol. The van der Waals surface area contributed by atoms with Crippen LogP contribution in [0, 0.1) is 11.2 Å². The molecule has 1 aliphatic rings. The van der Waals surface area contributed by atoms with Crippen molar-refractivity contribution in [2.75, 3.05) is 13.1 Å². The van der Waals surface area contributed by atoms with Crippen molar-refractivity contribution in [3.05, 3.63) is 34.6 Å². The third-order valence-corrected chi connectivity index (χ3v) is 4.53. The molecule has 0 aromatic heterocycles. The summed E-state index contributed by atoms with van der Waals surface area (Å²) in [6.07, 6.45) is 1.52. The van der Waals surface area contributed by atoms with Crippen LogP contribution >= 0.6 is 11.6 Å². The summed E-state index contributed by atoms with van der Waals surface area (Å²) in [5, 5.41) is 9.75. The van der Waals surface area contributed by atoms with Gasteiger partial charge < -0.3 is 5.11 Å². The van der Waals surface area contributed by atoms with Crippen LogP contribution in [0.5, 0.6) is 0 Å². The maximum atomic E-state index is 13.1. The van der Waals surface area contributed by atoms with Crippen LogP contribution in [0.4, 0.5) is 4.39 Å². The molecule has 1 saturated heterocycles. The number of rotatable bonds is 3. The van der Waals surface area contributed by atoms with E-state index < -0.39 is 11.4 Å². The summed E-state index contributed by atoms with van der Waals surface area (Å²) in [5.74, 6) is -1.13.